The van der Waals surface area contributed by atoms with Crippen LogP contribution in [0.4, 0.5) is 0 Å². The van der Waals surface area contributed by atoms with Crippen LogP contribution in [0, 0.1) is 0 Å². The normalized spacial score (nSPS) is 12.3. The van der Waals surface area contributed by atoms with Crippen LogP contribution in [0.5, 0.6) is 5.75 Å². The largest absolute Gasteiger partial charge is 0.497 e. The van der Waals surface area contributed by atoms with E-state index in [-0.39, 0.29) is 36.0 Å². The number of nitrogens with zero attached hydrogens (tertiary/aromatic N) is 2. The molecule has 7 nitrogen and oxygen atoms in total. The Morgan fingerprint density at radius 3 is 1.48 bits per heavy atom. The molecule has 0 aliphatic rings. The van der Waals surface area contributed by atoms with Crippen LogP contribution in [-0.2, 0) is 39.7 Å². The van der Waals surface area contributed by atoms with Gasteiger partial charge in [0.15, 0.2) is 0 Å². The fourth-order valence-electron chi connectivity index (χ4n) is 4.61. The van der Waals surface area contributed by atoms with Gasteiger partial charge in [-0.05, 0) is 64.6 Å². The Morgan fingerprint density at radius 2 is 1.02 bits per heavy atom. The van der Waals surface area contributed by atoms with Crippen LogP contribution in [0.2, 0.25) is 0 Å². The SMILES string of the molecule is CCN(Cc1ccccc1)S(=O)(=O)c1ccc(S(=O)(=O)N(Cc2ccc(OC)cc2)Cc2ccc(C(C)C)cc2)cc1. The molecule has 0 amide bonds. The molecule has 0 bridgehead atoms. The van der Waals surface area contributed by atoms with Gasteiger partial charge in [-0.2, -0.15) is 8.61 Å². The van der Waals surface area contributed by atoms with Crippen molar-refractivity contribution in [3.8, 4) is 5.75 Å². The Morgan fingerprint density at radius 1 is 0.595 bits per heavy atom. The minimum Gasteiger partial charge on any atom is -0.497 e. The van der Waals surface area contributed by atoms with E-state index in [9.17, 15) is 16.8 Å². The number of methoxy groups -OCH3 is 1. The number of hydrogen-bond donors (Lipinski definition) is 0. The van der Waals surface area contributed by atoms with E-state index < -0.39 is 20.0 Å². The summed E-state index contributed by atoms with van der Waals surface area (Å²) in [5, 5.41) is 0. The molecule has 0 unspecified atom stereocenters. The molecule has 0 atom stereocenters. The third kappa shape index (κ3) is 7.46. The van der Waals surface area contributed by atoms with E-state index in [2.05, 4.69) is 13.8 Å². The molecule has 0 saturated heterocycles. The molecule has 42 heavy (non-hydrogen) atoms. The lowest BCUT2D eigenvalue weighted by Crippen LogP contribution is -2.31. The van der Waals surface area contributed by atoms with Gasteiger partial charge in [0.25, 0.3) is 0 Å². The van der Waals surface area contributed by atoms with Gasteiger partial charge in [0.05, 0.1) is 16.9 Å². The summed E-state index contributed by atoms with van der Waals surface area (Å²) in [5.74, 6) is 1.05. The molecule has 0 aromatic heterocycles. The van der Waals surface area contributed by atoms with Crippen LogP contribution in [0.3, 0.4) is 0 Å². The first-order valence-electron chi connectivity index (χ1n) is 13.9. The van der Waals surface area contributed by atoms with E-state index in [4.69, 9.17) is 4.74 Å². The number of ether oxygens (including phenoxy) is 1. The molecule has 222 valence electrons. The standard InChI is InChI=1S/C33H38N2O5S2/c1-5-34(23-27-9-7-6-8-10-27)41(36,37)32-19-21-33(22-20-32)42(38,39)35(25-29-13-17-31(40-4)18-14-29)24-28-11-15-30(16-12-28)26(2)3/h6-22,26H,5,23-25H2,1-4H3. The van der Waals surface area contributed by atoms with Gasteiger partial charge in [-0.1, -0.05) is 87.5 Å². The van der Waals surface area contributed by atoms with Gasteiger partial charge in [0.1, 0.15) is 5.75 Å². The second-order valence-electron chi connectivity index (χ2n) is 10.4. The summed E-state index contributed by atoms with van der Waals surface area (Å²) in [5.41, 5.74) is 3.71. The minimum absolute atomic E-state index is 0.0277. The molecular weight excluding hydrogens is 569 g/mol. The Balaban J connectivity index is 1.63. The Labute approximate surface area is 250 Å². The zero-order valence-electron chi connectivity index (χ0n) is 24.5. The topological polar surface area (TPSA) is 84.0 Å². The highest BCUT2D eigenvalue weighted by molar-refractivity contribution is 7.89. The fourth-order valence-corrected chi connectivity index (χ4v) is 7.46. The van der Waals surface area contributed by atoms with Crippen molar-refractivity contribution in [2.24, 2.45) is 0 Å². The predicted molar refractivity (Wildman–Crippen MR) is 166 cm³/mol. The fraction of sp³-hybridized carbons (Fsp3) is 0.273. The number of hydrogen-bond acceptors (Lipinski definition) is 5. The molecule has 0 radical (unpaired) electrons. The molecule has 4 rings (SSSR count). The van der Waals surface area contributed by atoms with Crippen LogP contribution >= 0.6 is 0 Å². The van der Waals surface area contributed by atoms with Crippen LogP contribution in [0.1, 0.15) is 48.9 Å². The lowest BCUT2D eigenvalue weighted by Gasteiger charge is -2.24. The lowest BCUT2D eigenvalue weighted by atomic mass is 10.0. The van der Waals surface area contributed by atoms with Gasteiger partial charge in [0.2, 0.25) is 20.0 Å². The Bertz CT molecular complexity index is 1650. The van der Waals surface area contributed by atoms with Gasteiger partial charge in [0, 0.05) is 26.2 Å². The second kappa shape index (κ2) is 13.6. The molecule has 0 spiro atoms. The number of benzene rings is 4. The first-order chi connectivity index (χ1) is 20.0. The van der Waals surface area contributed by atoms with Crippen molar-refractivity contribution in [3.05, 3.63) is 125 Å². The summed E-state index contributed by atoms with van der Waals surface area (Å²) in [4.78, 5) is 0.0741. The van der Waals surface area contributed by atoms with Crippen molar-refractivity contribution < 1.29 is 21.6 Å². The Hall–Kier alpha value is -3.50. The zero-order chi connectivity index (χ0) is 30.3. The quantitative estimate of drug-likeness (QED) is 0.175. The van der Waals surface area contributed by atoms with Gasteiger partial charge in [-0.3, -0.25) is 0 Å². The zero-order valence-corrected chi connectivity index (χ0v) is 26.1. The van der Waals surface area contributed by atoms with Gasteiger partial charge < -0.3 is 4.74 Å². The number of rotatable bonds is 13. The summed E-state index contributed by atoms with van der Waals surface area (Å²) in [7, 11) is -6.24. The lowest BCUT2D eigenvalue weighted by molar-refractivity contribution is 0.399. The van der Waals surface area contributed by atoms with Crippen molar-refractivity contribution in [2.75, 3.05) is 13.7 Å². The second-order valence-corrected chi connectivity index (χ2v) is 14.3. The molecule has 0 N–H and O–H groups in total. The highest BCUT2D eigenvalue weighted by atomic mass is 32.2. The van der Waals surface area contributed by atoms with Crippen molar-refractivity contribution >= 4 is 20.0 Å². The van der Waals surface area contributed by atoms with E-state index in [0.29, 0.717) is 11.7 Å². The van der Waals surface area contributed by atoms with Gasteiger partial charge >= 0.3 is 0 Å². The van der Waals surface area contributed by atoms with Crippen molar-refractivity contribution in [1.82, 2.24) is 8.61 Å². The predicted octanol–water partition coefficient (Wildman–Crippen LogP) is 6.42. The Kier molecular flexibility index (Phi) is 10.2. The molecular formula is C33H38N2O5S2. The van der Waals surface area contributed by atoms with Crippen LogP contribution < -0.4 is 4.74 Å². The number of sulfonamides is 2. The molecule has 4 aromatic rings. The van der Waals surface area contributed by atoms with E-state index in [1.807, 2.05) is 66.7 Å². The summed E-state index contributed by atoms with van der Waals surface area (Å²) in [6.45, 7) is 6.81. The van der Waals surface area contributed by atoms with Gasteiger partial charge in [-0.15, -0.1) is 0 Å². The van der Waals surface area contributed by atoms with Crippen LogP contribution in [0.15, 0.2) is 113 Å². The van der Waals surface area contributed by atoms with E-state index >= 15 is 0 Å². The third-order valence-corrected chi connectivity index (χ3v) is 10.9. The van der Waals surface area contributed by atoms with Crippen LogP contribution in [-0.4, -0.2) is 39.1 Å². The monoisotopic (exact) mass is 606 g/mol. The first kappa shape index (κ1) is 31.4. The van der Waals surface area contributed by atoms with E-state index in [1.54, 1.807) is 26.2 Å². The van der Waals surface area contributed by atoms with Crippen molar-refractivity contribution in [3.63, 3.8) is 0 Å². The highest BCUT2D eigenvalue weighted by Gasteiger charge is 2.28. The molecule has 4 aromatic carbocycles. The van der Waals surface area contributed by atoms with E-state index in [0.717, 1.165) is 16.7 Å². The average molecular weight is 607 g/mol. The van der Waals surface area contributed by atoms with Crippen molar-refractivity contribution in [1.29, 1.82) is 0 Å². The molecule has 0 saturated carbocycles. The maximum atomic E-state index is 14.0. The maximum absolute atomic E-state index is 14.0. The molecule has 9 heteroatoms. The molecule has 0 heterocycles. The first-order valence-corrected chi connectivity index (χ1v) is 16.8. The summed E-state index contributed by atoms with van der Waals surface area (Å²) >= 11 is 0. The summed E-state index contributed by atoms with van der Waals surface area (Å²) in [6.07, 6.45) is 0. The molecule has 0 aliphatic heterocycles. The van der Waals surface area contributed by atoms with Crippen LogP contribution in [0.25, 0.3) is 0 Å². The molecule has 0 fully saturated rings. The van der Waals surface area contributed by atoms with E-state index in [1.165, 1.54) is 38.4 Å². The smallest absolute Gasteiger partial charge is 0.243 e. The highest BCUT2D eigenvalue weighted by Crippen LogP contribution is 2.26. The molecule has 0 aliphatic carbocycles. The third-order valence-electron chi connectivity index (χ3n) is 7.18. The average Bonchev–Trinajstić information content (AvgIpc) is 3.00. The summed E-state index contributed by atoms with van der Waals surface area (Å²) in [6, 6.07) is 30.1. The minimum atomic E-state index is -3.98. The van der Waals surface area contributed by atoms with Gasteiger partial charge in [-0.25, -0.2) is 16.8 Å². The summed E-state index contributed by atoms with van der Waals surface area (Å²) < 4.78 is 62.8. The van der Waals surface area contributed by atoms with Crippen molar-refractivity contribution in [2.45, 2.75) is 56.1 Å². The maximum Gasteiger partial charge on any atom is 0.243 e.